The molecule has 0 aromatic heterocycles. The van der Waals surface area contributed by atoms with Crippen LogP contribution in [0.25, 0.3) is 0 Å². The minimum atomic E-state index is -4.51. The van der Waals surface area contributed by atoms with E-state index in [2.05, 4.69) is 10.1 Å². The third-order valence-electron chi connectivity index (χ3n) is 1.95. The maximum absolute atomic E-state index is 12.3. The van der Waals surface area contributed by atoms with Crippen LogP contribution in [0.3, 0.4) is 0 Å². The van der Waals surface area contributed by atoms with Crippen molar-refractivity contribution >= 4 is 11.9 Å². The van der Waals surface area contributed by atoms with E-state index in [1.54, 1.807) is 6.19 Å². The van der Waals surface area contributed by atoms with Crippen LogP contribution in [0.15, 0.2) is 34.3 Å². The number of hydrogen-bond acceptors (Lipinski definition) is 3. The van der Waals surface area contributed by atoms with Gasteiger partial charge in [-0.25, -0.2) is 0 Å². The molecule has 2 aliphatic heterocycles. The van der Waals surface area contributed by atoms with E-state index in [1.165, 1.54) is 12.3 Å². The van der Waals surface area contributed by atoms with Crippen LogP contribution in [-0.2, 0) is 0 Å². The Morgan fingerprint density at radius 2 is 2.13 bits per heavy atom. The smallest absolute Gasteiger partial charge is 0.188 e. The monoisotopic (exact) mass is 213 g/mol. The van der Waals surface area contributed by atoms with Gasteiger partial charge in [0.05, 0.1) is 6.21 Å². The molecule has 1 atom stereocenters. The Labute approximate surface area is 82.5 Å². The van der Waals surface area contributed by atoms with Crippen molar-refractivity contribution in [3.63, 3.8) is 0 Å². The maximum Gasteiger partial charge on any atom is 0.433 e. The van der Waals surface area contributed by atoms with Crippen molar-refractivity contribution in [2.45, 2.75) is 6.18 Å². The lowest BCUT2D eigenvalue weighted by molar-refractivity contribution is -0.778. The summed E-state index contributed by atoms with van der Waals surface area (Å²) in [5.41, 5.74) is -1.02. The highest BCUT2D eigenvalue weighted by molar-refractivity contribution is 6.00. The Morgan fingerprint density at radius 3 is 2.73 bits per heavy atom. The average molecular weight is 213 g/mol. The van der Waals surface area contributed by atoms with Crippen LogP contribution in [0.5, 0.6) is 0 Å². The lowest BCUT2D eigenvalue weighted by Gasteiger charge is -2.18. The van der Waals surface area contributed by atoms with Crippen molar-refractivity contribution in [1.82, 2.24) is 0 Å². The topological polar surface area (TPSA) is 48.5 Å². The van der Waals surface area contributed by atoms with Gasteiger partial charge in [-0.15, -0.1) is 5.26 Å². The Hall–Kier alpha value is -1.94. The summed E-state index contributed by atoms with van der Waals surface area (Å²) < 4.78 is 36.2. The molecule has 0 saturated carbocycles. The molecule has 0 aromatic rings. The van der Waals surface area contributed by atoms with Crippen LogP contribution in [0.1, 0.15) is 0 Å². The molecule has 2 heterocycles. The molecule has 2 rings (SSSR count). The number of rotatable bonds is 0. The fourth-order valence-electron chi connectivity index (χ4n) is 1.21. The van der Waals surface area contributed by atoms with Gasteiger partial charge in [0.15, 0.2) is 5.71 Å². The summed E-state index contributed by atoms with van der Waals surface area (Å²) in [5.74, 6) is -0.0488. The number of hydrogen-bond donors (Lipinski definition) is 0. The Kier molecular flexibility index (Phi) is 1.78. The number of fused-ring (bicyclic) bond motifs is 1. The van der Waals surface area contributed by atoms with E-state index >= 15 is 0 Å². The van der Waals surface area contributed by atoms with Gasteiger partial charge >= 0.3 is 12.4 Å². The Balaban J connectivity index is 2.45. The molecule has 0 aliphatic carbocycles. The highest BCUT2D eigenvalue weighted by atomic mass is 19.4. The van der Waals surface area contributed by atoms with Crippen LogP contribution < -0.4 is 0 Å². The number of nitrogens with zero attached hydrogens (tertiary/aromatic N) is 4. The molecule has 0 amide bonds. The molecular weight excluding hydrogens is 209 g/mol. The molecule has 0 spiro atoms. The van der Waals surface area contributed by atoms with Gasteiger partial charge in [0.2, 0.25) is 0 Å². The van der Waals surface area contributed by atoms with Gasteiger partial charge in [0.1, 0.15) is 6.20 Å². The predicted molar refractivity (Wildman–Crippen MR) is 45.1 cm³/mol. The zero-order chi connectivity index (χ0) is 11.1. The van der Waals surface area contributed by atoms with Crippen molar-refractivity contribution in [3.8, 4) is 6.19 Å². The third-order valence-corrected chi connectivity index (χ3v) is 1.95. The minimum absolute atomic E-state index is 0.0488. The molecule has 0 radical (unpaired) electrons. The Morgan fingerprint density at radius 1 is 1.40 bits per heavy atom. The number of aliphatic imine (C=N–C) groups is 1. The summed E-state index contributed by atoms with van der Waals surface area (Å²) in [6.45, 7) is 0. The van der Waals surface area contributed by atoms with Crippen LogP contribution in [0.4, 0.5) is 13.2 Å². The molecule has 15 heavy (non-hydrogen) atoms. The number of alkyl halides is 3. The SMILES string of the molecule is N#C[N+]12C=CC(C(F)(F)F)=NC1=CC=N2. The van der Waals surface area contributed by atoms with Crippen LogP contribution >= 0.6 is 0 Å². The number of halogens is 3. The molecule has 7 heteroatoms. The first-order valence-corrected chi connectivity index (χ1v) is 3.90. The zero-order valence-corrected chi connectivity index (χ0v) is 7.23. The summed E-state index contributed by atoms with van der Waals surface area (Å²) in [4.78, 5) is 3.35. The molecule has 2 aliphatic rings. The predicted octanol–water partition coefficient (Wildman–Crippen LogP) is 1.66. The van der Waals surface area contributed by atoms with Crippen molar-refractivity contribution in [2.24, 2.45) is 10.1 Å². The molecule has 76 valence electrons. The van der Waals surface area contributed by atoms with E-state index in [-0.39, 0.29) is 5.82 Å². The molecule has 0 N–H and O–H groups in total. The molecule has 4 nitrogen and oxygen atoms in total. The van der Waals surface area contributed by atoms with Gasteiger partial charge in [-0.2, -0.15) is 18.2 Å². The van der Waals surface area contributed by atoms with Gasteiger partial charge < -0.3 is 0 Å². The van der Waals surface area contributed by atoms with E-state index in [9.17, 15) is 13.2 Å². The largest absolute Gasteiger partial charge is 0.433 e. The van der Waals surface area contributed by atoms with Crippen LogP contribution in [0.2, 0.25) is 0 Å². The van der Waals surface area contributed by atoms with Crippen molar-refractivity contribution in [3.05, 3.63) is 24.2 Å². The quantitative estimate of drug-likeness (QED) is 0.446. The van der Waals surface area contributed by atoms with Gasteiger partial charge in [-0.1, -0.05) is 5.10 Å². The molecule has 0 saturated heterocycles. The van der Waals surface area contributed by atoms with Crippen molar-refractivity contribution in [2.75, 3.05) is 0 Å². The first kappa shape index (κ1) is 9.61. The first-order chi connectivity index (χ1) is 6.98. The average Bonchev–Trinajstić information content (AvgIpc) is 2.59. The van der Waals surface area contributed by atoms with E-state index in [0.717, 1.165) is 12.3 Å². The van der Waals surface area contributed by atoms with E-state index in [0.29, 0.717) is 0 Å². The second-order valence-electron chi connectivity index (χ2n) is 2.89. The van der Waals surface area contributed by atoms with Crippen LogP contribution in [0, 0.1) is 11.5 Å². The zero-order valence-electron chi connectivity index (χ0n) is 7.23. The standard InChI is InChI=1S/C8H4F3N4/c9-8(10,11)6-2-4-15(5-12)7(14-6)1-3-13-15/h1-4H/q+1. The number of allylic oxidation sites excluding steroid dienone is 2. The van der Waals surface area contributed by atoms with Gasteiger partial charge in [0.25, 0.3) is 5.82 Å². The van der Waals surface area contributed by atoms with E-state index in [4.69, 9.17) is 5.26 Å². The summed E-state index contributed by atoms with van der Waals surface area (Å²) in [6, 6.07) is 0. The molecule has 0 fully saturated rings. The second kappa shape index (κ2) is 2.77. The van der Waals surface area contributed by atoms with Crippen molar-refractivity contribution < 1.29 is 17.8 Å². The summed E-state index contributed by atoms with van der Waals surface area (Å²) in [5, 5.41) is 12.5. The van der Waals surface area contributed by atoms with E-state index < -0.39 is 16.5 Å². The normalized spacial score (nSPS) is 28.1. The van der Waals surface area contributed by atoms with Crippen LogP contribution in [-0.4, -0.2) is 22.7 Å². The lowest BCUT2D eigenvalue weighted by atomic mass is 10.3. The lowest BCUT2D eigenvalue weighted by Crippen LogP contribution is -2.34. The number of nitriles is 1. The molecule has 1 unspecified atom stereocenters. The van der Waals surface area contributed by atoms with Gasteiger partial charge in [0, 0.05) is 12.2 Å². The molecule has 0 aromatic carbocycles. The third kappa shape index (κ3) is 1.35. The minimum Gasteiger partial charge on any atom is -0.188 e. The number of quaternary nitrogens is 1. The summed E-state index contributed by atoms with van der Waals surface area (Å²) in [7, 11) is 0. The summed E-state index contributed by atoms with van der Waals surface area (Å²) in [6.07, 6.45) is 1.58. The summed E-state index contributed by atoms with van der Waals surface area (Å²) >= 11 is 0. The molecular formula is C8H4F3N4+. The fourth-order valence-corrected chi connectivity index (χ4v) is 1.21. The maximum atomic E-state index is 12.3. The second-order valence-corrected chi connectivity index (χ2v) is 2.89. The highest BCUT2D eigenvalue weighted by Crippen LogP contribution is 2.31. The van der Waals surface area contributed by atoms with Gasteiger partial charge in [-0.3, -0.25) is 0 Å². The highest BCUT2D eigenvalue weighted by Gasteiger charge is 2.44. The van der Waals surface area contributed by atoms with E-state index in [1.807, 2.05) is 0 Å². The van der Waals surface area contributed by atoms with Gasteiger partial charge in [-0.05, 0) is 4.59 Å². The fraction of sp³-hybridized carbons (Fsp3) is 0.125. The van der Waals surface area contributed by atoms with Crippen molar-refractivity contribution in [1.29, 1.82) is 5.26 Å². The Bertz CT molecular complexity index is 463. The first-order valence-electron chi connectivity index (χ1n) is 3.90. The molecule has 0 bridgehead atoms.